The summed E-state index contributed by atoms with van der Waals surface area (Å²) < 4.78 is 4.95. The van der Waals surface area contributed by atoms with Crippen LogP contribution >= 0.6 is 0 Å². The van der Waals surface area contributed by atoms with Crippen molar-refractivity contribution >= 4 is 101 Å². The van der Waals surface area contributed by atoms with Crippen molar-refractivity contribution in [2.24, 2.45) is 0 Å². The highest BCUT2D eigenvalue weighted by molar-refractivity contribution is 7.00. The van der Waals surface area contributed by atoms with Gasteiger partial charge in [0.1, 0.15) is 0 Å². The molecule has 0 radical (unpaired) electrons. The Balaban J connectivity index is 1.09. The summed E-state index contributed by atoms with van der Waals surface area (Å²) in [5.41, 5.74) is 20.0. The van der Waals surface area contributed by atoms with Gasteiger partial charge in [-0.15, -0.1) is 0 Å². The maximum atomic E-state index is 2.60. The number of hydrogen-bond donors (Lipinski definition) is 0. The van der Waals surface area contributed by atoms with Gasteiger partial charge in [0.2, 0.25) is 0 Å². The van der Waals surface area contributed by atoms with Crippen molar-refractivity contribution in [2.75, 3.05) is 9.80 Å². The second-order valence-electron chi connectivity index (χ2n) is 18.3. The fourth-order valence-electron chi connectivity index (χ4n) is 12.1. The molecule has 2 aliphatic heterocycles. The zero-order valence-electron chi connectivity index (χ0n) is 36.1. The van der Waals surface area contributed by atoms with Gasteiger partial charge in [-0.3, -0.25) is 0 Å². The summed E-state index contributed by atoms with van der Waals surface area (Å²) in [6.07, 6.45) is 6.34. The predicted octanol–water partition coefficient (Wildman–Crippen LogP) is 14.0. The summed E-state index contributed by atoms with van der Waals surface area (Å²) in [5, 5.41) is 5.09. The fraction of sp³-hybridized carbons (Fsp3) is 0.100. The number of hydrogen-bond acceptors (Lipinski definition) is 2. The van der Waals surface area contributed by atoms with Gasteiger partial charge in [0.25, 0.3) is 6.71 Å². The monoisotopic (exact) mass is 832 g/mol. The largest absolute Gasteiger partial charge is 0.311 e. The Morgan fingerprint density at radius 3 is 1.31 bits per heavy atom. The number of fused-ring (bicyclic) bond motifs is 10. The maximum Gasteiger partial charge on any atom is 0.252 e. The van der Waals surface area contributed by atoms with Crippen molar-refractivity contribution < 1.29 is 0 Å². The number of benzene rings is 9. The highest BCUT2D eigenvalue weighted by Crippen LogP contribution is 2.48. The van der Waals surface area contributed by atoms with Crippen LogP contribution in [0.25, 0.3) is 55.0 Å². The van der Waals surface area contributed by atoms with Crippen molar-refractivity contribution in [1.29, 1.82) is 0 Å². The van der Waals surface area contributed by atoms with Gasteiger partial charge in [-0.2, -0.15) is 0 Å². The minimum Gasteiger partial charge on any atom is -0.311 e. The lowest BCUT2D eigenvalue weighted by Gasteiger charge is -2.45. The molecule has 0 amide bonds. The van der Waals surface area contributed by atoms with Crippen molar-refractivity contribution in [1.82, 2.24) is 9.13 Å². The second-order valence-corrected chi connectivity index (χ2v) is 18.3. The van der Waals surface area contributed by atoms with Crippen LogP contribution in [0.2, 0.25) is 0 Å². The Hall–Kier alpha value is -7.76. The third kappa shape index (κ3) is 5.45. The molecule has 11 aromatic rings. The molecule has 1 aliphatic carbocycles. The van der Waals surface area contributed by atoms with Gasteiger partial charge in [-0.05, 0) is 132 Å². The first-order valence-electron chi connectivity index (χ1n) is 23.4. The van der Waals surface area contributed by atoms with E-state index < -0.39 is 0 Å². The van der Waals surface area contributed by atoms with E-state index in [1.165, 1.54) is 137 Å². The lowest BCUT2D eigenvalue weighted by molar-refractivity contribution is 0.444. The number of para-hydroxylation sites is 6. The van der Waals surface area contributed by atoms with Crippen LogP contribution in [0.1, 0.15) is 43.6 Å². The topological polar surface area (TPSA) is 16.3 Å². The number of aromatic nitrogens is 2. The van der Waals surface area contributed by atoms with Gasteiger partial charge in [0, 0.05) is 67.0 Å². The van der Waals surface area contributed by atoms with Gasteiger partial charge in [-0.25, -0.2) is 0 Å². The van der Waals surface area contributed by atoms with Crippen LogP contribution < -0.4 is 26.2 Å². The molecule has 4 heterocycles. The molecule has 4 nitrogen and oxygen atoms in total. The van der Waals surface area contributed by atoms with Crippen molar-refractivity contribution in [3.8, 4) is 11.4 Å². The van der Waals surface area contributed by atoms with E-state index in [-0.39, 0.29) is 6.71 Å². The highest BCUT2D eigenvalue weighted by atomic mass is 15.2. The zero-order valence-corrected chi connectivity index (χ0v) is 36.1. The van der Waals surface area contributed by atoms with E-state index in [9.17, 15) is 0 Å². The van der Waals surface area contributed by atoms with Gasteiger partial charge in [0.15, 0.2) is 0 Å². The lowest BCUT2D eigenvalue weighted by Crippen LogP contribution is -2.61. The molecule has 308 valence electrons. The standard InChI is InChI=1S/C60H45BN4/c1-4-18-40(19-5-1)41-36-58-60-59(37-41)63(43-22-8-3-9-23-43)57-39-45(65-54-30-16-12-26-48(54)49-27-13-17-31-55(49)65)32-34-50(57)61(60)51-38-44(33-35-56(51)62(58)42-20-6-2-7-21-42)64-52-28-14-10-24-46(52)47-25-11-15-29-53(47)64/h2-3,6-17,20-40H,1,4-5,18-19H2. The third-order valence-electron chi connectivity index (χ3n) is 14.8. The highest BCUT2D eigenvalue weighted by Gasteiger charge is 2.44. The fourth-order valence-corrected chi connectivity index (χ4v) is 12.1. The molecular weight excluding hydrogens is 787 g/mol. The van der Waals surface area contributed by atoms with E-state index in [2.05, 4.69) is 225 Å². The molecule has 65 heavy (non-hydrogen) atoms. The molecule has 9 aromatic carbocycles. The first kappa shape index (κ1) is 36.7. The molecule has 0 spiro atoms. The SMILES string of the molecule is c1ccc(N2c3ccc(-n4c5ccccc5c5ccccc54)cc3B3c4ccc(-n5c6ccccc6c6ccccc65)cc4N(c4ccccc4)c4cc(C5CCCCC5)cc2c43)cc1. The third-order valence-corrected chi connectivity index (χ3v) is 14.8. The van der Waals surface area contributed by atoms with Gasteiger partial charge >= 0.3 is 0 Å². The molecule has 0 unspecified atom stereocenters. The molecule has 0 bridgehead atoms. The molecule has 3 aliphatic rings. The van der Waals surface area contributed by atoms with Crippen LogP contribution in [0.3, 0.4) is 0 Å². The van der Waals surface area contributed by atoms with Gasteiger partial charge in [-0.1, -0.05) is 135 Å². The summed E-state index contributed by atoms with van der Waals surface area (Å²) in [7, 11) is 0. The Kier molecular flexibility index (Phi) is 8.12. The van der Waals surface area contributed by atoms with Crippen molar-refractivity contribution in [3.63, 3.8) is 0 Å². The predicted molar refractivity (Wildman–Crippen MR) is 275 cm³/mol. The summed E-state index contributed by atoms with van der Waals surface area (Å²) in [6, 6.07) is 77.4. The Bertz CT molecular complexity index is 3570. The van der Waals surface area contributed by atoms with Crippen LogP contribution in [0, 0.1) is 0 Å². The summed E-state index contributed by atoms with van der Waals surface area (Å²) in [4.78, 5) is 5.17. The summed E-state index contributed by atoms with van der Waals surface area (Å²) in [6.45, 7) is -0.0226. The first-order chi connectivity index (χ1) is 32.3. The molecule has 1 saturated carbocycles. The van der Waals surface area contributed by atoms with Crippen LogP contribution in [0.4, 0.5) is 34.1 Å². The van der Waals surface area contributed by atoms with Crippen LogP contribution in [0.5, 0.6) is 0 Å². The Labute approximate surface area is 379 Å². The molecule has 1 fully saturated rings. The van der Waals surface area contributed by atoms with Gasteiger partial charge in [0.05, 0.1) is 22.1 Å². The summed E-state index contributed by atoms with van der Waals surface area (Å²) in [5.74, 6) is 0.517. The normalized spacial score (nSPS) is 14.6. The minimum atomic E-state index is -0.0226. The zero-order chi connectivity index (χ0) is 42.6. The van der Waals surface area contributed by atoms with Crippen molar-refractivity contribution in [3.05, 3.63) is 212 Å². The molecule has 2 aromatic heterocycles. The van der Waals surface area contributed by atoms with E-state index >= 15 is 0 Å². The van der Waals surface area contributed by atoms with E-state index in [1.54, 1.807) is 0 Å². The Morgan fingerprint density at radius 2 is 0.785 bits per heavy atom. The van der Waals surface area contributed by atoms with E-state index in [0.717, 1.165) is 5.69 Å². The van der Waals surface area contributed by atoms with Crippen LogP contribution in [0.15, 0.2) is 206 Å². The molecule has 5 heteroatoms. The average Bonchev–Trinajstić information content (AvgIpc) is 3.90. The molecule has 0 atom stereocenters. The van der Waals surface area contributed by atoms with Crippen molar-refractivity contribution in [2.45, 2.75) is 38.0 Å². The van der Waals surface area contributed by atoms with Crippen LogP contribution in [-0.2, 0) is 0 Å². The van der Waals surface area contributed by atoms with Gasteiger partial charge < -0.3 is 18.9 Å². The quantitative estimate of drug-likeness (QED) is 0.161. The van der Waals surface area contributed by atoms with E-state index in [0.29, 0.717) is 5.92 Å². The van der Waals surface area contributed by atoms with E-state index in [1.807, 2.05) is 0 Å². The molecule has 14 rings (SSSR count). The molecule has 0 N–H and O–H groups in total. The maximum absolute atomic E-state index is 2.60. The second kappa shape index (κ2) is 14.4. The van der Waals surface area contributed by atoms with Crippen LogP contribution in [-0.4, -0.2) is 15.8 Å². The molecular formula is C60H45BN4. The Morgan fingerprint density at radius 1 is 0.338 bits per heavy atom. The molecule has 0 saturated heterocycles. The first-order valence-corrected chi connectivity index (χ1v) is 23.4. The smallest absolute Gasteiger partial charge is 0.252 e. The number of rotatable bonds is 5. The lowest BCUT2D eigenvalue weighted by atomic mass is 9.33. The number of nitrogens with zero attached hydrogens (tertiary/aromatic N) is 4. The minimum absolute atomic E-state index is 0.0226. The number of anilines is 6. The average molecular weight is 833 g/mol. The summed E-state index contributed by atoms with van der Waals surface area (Å²) >= 11 is 0. The van der Waals surface area contributed by atoms with E-state index in [4.69, 9.17) is 0 Å².